The highest BCUT2D eigenvalue weighted by Gasteiger charge is 2.22. The average Bonchev–Trinajstić information content (AvgIpc) is 2.73. The fourth-order valence-electron chi connectivity index (χ4n) is 2.70. The van der Waals surface area contributed by atoms with E-state index in [2.05, 4.69) is 24.1 Å². The fourth-order valence-corrected chi connectivity index (χ4v) is 2.70. The Kier molecular flexibility index (Phi) is 4.37. The summed E-state index contributed by atoms with van der Waals surface area (Å²) in [5.41, 5.74) is 1.67. The zero-order valence-electron chi connectivity index (χ0n) is 13.5. The molecule has 0 radical (unpaired) electrons. The predicted molar refractivity (Wildman–Crippen MR) is 85.6 cm³/mol. The molecule has 0 aliphatic rings. The van der Waals surface area contributed by atoms with Gasteiger partial charge in [0.05, 0.1) is 0 Å². The van der Waals surface area contributed by atoms with Gasteiger partial charge in [-0.1, -0.05) is 32.0 Å². The Bertz CT molecular complexity index is 641. The molecule has 4 nitrogen and oxygen atoms in total. The van der Waals surface area contributed by atoms with Gasteiger partial charge in [0.15, 0.2) is 5.76 Å². The lowest BCUT2D eigenvalue weighted by molar-refractivity contribution is 0.0902. The van der Waals surface area contributed by atoms with Gasteiger partial charge >= 0.3 is 0 Å². The molecular weight excluding hydrogens is 264 g/mol. The largest absolute Gasteiger partial charge is 0.451 e. The summed E-state index contributed by atoms with van der Waals surface area (Å²) in [6, 6.07) is 7.72. The van der Waals surface area contributed by atoms with E-state index in [9.17, 15) is 4.79 Å². The van der Waals surface area contributed by atoms with Crippen molar-refractivity contribution in [3.05, 3.63) is 35.6 Å². The Labute approximate surface area is 126 Å². The molecular formula is C17H24N2O2. The number of nitrogens with zero attached hydrogens (tertiary/aromatic N) is 1. The van der Waals surface area contributed by atoms with E-state index in [0.29, 0.717) is 12.3 Å². The van der Waals surface area contributed by atoms with Crippen LogP contribution in [0.1, 0.15) is 30.0 Å². The maximum Gasteiger partial charge on any atom is 0.287 e. The topological polar surface area (TPSA) is 45.5 Å². The third kappa shape index (κ3) is 3.64. The molecule has 1 heterocycles. The maximum absolute atomic E-state index is 12.3. The van der Waals surface area contributed by atoms with Gasteiger partial charge in [-0.25, -0.2) is 0 Å². The van der Waals surface area contributed by atoms with Gasteiger partial charge < -0.3 is 14.6 Å². The molecule has 1 aromatic carbocycles. The first-order valence-corrected chi connectivity index (χ1v) is 7.21. The van der Waals surface area contributed by atoms with Crippen LogP contribution in [0.4, 0.5) is 0 Å². The third-order valence-corrected chi connectivity index (χ3v) is 3.52. The summed E-state index contributed by atoms with van der Waals surface area (Å²) in [4.78, 5) is 14.5. The second-order valence-corrected chi connectivity index (χ2v) is 6.64. The Morgan fingerprint density at radius 2 is 1.95 bits per heavy atom. The summed E-state index contributed by atoms with van der Waals surface area (Å²) in [5, 5.41) is 3.98. The molecule has 0 fully saturated rings. The molecule has 2 aromatic rings. The normalized spacial score (nSPS) is 12.1. The van der Waals surface area contributed by atoms with Crippen molar-refractivity contribution in [2.24, 2.45) is 5.41 Å². The molecule has 0 saturated carbocycles. The molecule has 1 amide bonds. The molecule has 0 atom stereocenters. The minimum Gasteiger partial charge on any atom is -0.451 e. The van der Waals surface area contributed by atoms with Crippen LogP contribution in [0.3, 0.4) is 0 Å². The van der Waals surface area contributed by atoms with Gasteiger partial charge in [0.1, 0.15) is 5.58 Å². The second-order valence-electron chi connectivity index (χ2n) is 6.64. The molecule has 0 unspecified atom stereocenters. The van der Waals surface area contributed by atoms with Crippen LogP contribution in [0.2, 0.25) is 0 Å². The molecule has 1 aromatic heterocycles. The van der Waals surface area contributed by atoms with Crippen molar-refractivity contribution in [3.63, 3.8) is 0 Å². The number of hydrogen-bond acceptors (Lipinski definition) is 3. The number of furan rings is 1. The van der Waals surface area contributed by atoms with Gasteiger partial charge in [-0.3, -0.25) is 4.79 Å². The van der Waals surface area contributed by atoms with Crippen molar-refractivity contribution in [1.82, 2.24) is 10.2 Å². The SMILES string of the molecule is Cc1c(C(=O)NCC(C)(C)CN(C)C)oc2ccccc12. The smallest absolute Gasteiger partial charge is 0.287 e. The van der Waals surface area contributed by atoms with Crippen molar-refractivity contribution in [2.45, 2.75) is 20.8 Å². The highest BCUT2D eigenvalue weighted by Crippen LogP contribution is 2.25. The van der Waals surface area contributed by atoms with Crippen LogP contribution in [0.25, 0.3) is 11.0 Å². The van der Waals surface area contributed by atoms with Gasteiger partial charge in [0, 0.05) is 24.0 Å². The van der Waals surface area contributed by atoms with E-state index < -0.39 is 0 Å². The lowest BCUT2D eigenvalue weighted by Gasteiger charge is -2.28. The highest BCUT2D eigenvalue weighted by molar-refractivity contribution is 5.98. The van der Waals surface area contributed by atoms with Crippen molar-refractivity contribution in [3.8, 4) is 0 Å². The van der Waals surface area contributed by atoms with Crippen LogP contribution >= 0.6 is 0 Å². The number of aryl methyl sites for hydroxylation is 1. The van der Waals surface area contributed by atoms with Crippen LogP contribution < -0.4 is 5.32 Å². The predicted octanol–water partition coefficient (Wildman–Crippen LogP) is 3.06. The second kappa shape index (κ2) is 5.90. The van der Waals surface area contributed by atoms with E-state index in [-0.39, 0.29) is 11.3 Å². The number of carbonyl (C=O) groups is 1. The lowest BCUT2D eigenvalue weighted by Crippen LogP contribution is -2.40. The number of nitrogens with one attached hydrogen (secondary N) is 1. The number of carbonyl (C=O) groups excluding carboxylic acids is 1. The molecule has 2 rings (SSSR count). The van der Waals surface area contributed by atoms with Crippen molar-refractivity contribution in [1.29, 1.82) is 0 Å². The van der Waals surface area contributed by atoms with E-state index in [0.717, 1.165) is 23.1 Å². The summed E-state index contributed by atoms with van der Waals surface area (Å²) >= 11 is 0. The van der Waals surface area contributed by atoms with Gasteiger partial charge in [0.25, 0.3) is 5.91 Å². The first-order valence-electron chi connectivity index (χ1n) is 7.21. The van der Waals surface area contributed by atoms with E-state index in [1.165, 1.54) is 0 Å². The van der Waals surface area contributed by atoms with Crippen LogP contribution in [0, 0.1) is 12.3 Å². The van der Waals surface area contributed by atoms with Crippen LogP contribution in [0.15, 0.2) is 28.7 Å². The van der Waals surface area contributed by atoms with Crippen LogP contribution in [-0.2, 0) is 0 Å². The Morgan fingerprint density at radius 1 is 1.29 bits per heavy atom. The van der Waals surface area contributed by atoms with Crippen LogP contribution in [-0.4, -0.2) is 38.0 Å². The monoisotopic (exact) mass is 288 g/mol. The molecule has 21 heavy (non-hydrogen) atoms. The molecule has 4 heteroatoms. The van der Waals surface area contributed by atoms with E-state index in [1.54, 1.807) is 0 Å². The lowest BCUT2D eigenvalue weighted by atomic mass is 9.93. The molecule has 0 spiro atoms. The molecule has 0 aliphatic carbocycles. The van der Waals surface area contributed by atoms with E-state index in [1.807, 2.05) is 45.3 Å². The van der Waals surface area contributed by atoms with Gasteiger partial charge in [-0.05, 0) is 32.5 Å². The highest BCUT2D eigenvalue weighted by atomic mass is 16.3. The van der Waals surface area contributed by atoms with Crippen molar-refractivity contribution in [2.75, 3.05) is 27.2 Å². The zero-order valence-corrected chi connectivity index (χ0v) is 13.5. The minimum absolute atomic E-state index is 0.0130. The van der Waals surface area contributed by atoms with Crippen molar-refractivity contribution < 1.29 is 9.21 Å². The summed E-state index contributed by atoms with van der Waals surface area (Å²) in [6.07, 6.45) is 0. The third-order valence-electron chi connectivity index (χ3n) is 3.52. The molecule has 114 valence electrons. The molecule has 0 aliphatic heterocycles. The van der Waals surface area contributed by atoms with Gasteiger partial charge in [0.2, 0.25) is 0 Å². The molecule has 0 saturated heterocycles. The number of benzene rings is 1. The first-order chi connectivity index (χ1) is 9.80. The summed E-state index contributed by atoms with van der Waals surface area (Å²) in [7, 11) is 4.07. The molecule has 1 N–H and O–H groups in total. The standard InChI is InChI=1S/C17H24N2O2/c1-12-13-8-6-7-9-14(13)21-15(12)16(20)18-10-17(2,3)11-19(4)5/h6-9H,10-11H2,1-5H3,(H,18,20). The summed E-state index contributed by atoms with van der Waals surface area (Å²) in [5.74, 6) is 0.271. The Balaban J connectivity index is 2.11. The maximum atomic E-state index is 12.3. The number of fused-ring (bicyclic) bond motifs is 1. The first kappa shape index (κ1) is 15.6. The molecule has 0 bridgehead atoms. The fraction of sp³-hybridized carbons (Fsp3) is 0.471. The minimum atomic E-state index is -0.143. The van der Waals surface area contributed by atoms with Crippen molar-refractivity contribution >= 4 is 16.9 Å². The zero-order chi connectivity index (χ0) is 15.6. The summed E-state index contributed by atoms with van der Waals surface area (Å²) < 4.78 is 5.68. The van der Waals surface area contributed by atoms with Gasteiger partial charge in [-0.2, -0.15) is 0 Å². The number of para-hydroxylation sites is 1. The van der Waals surface area contributed by atoms with Crippen LogP contribution in [0.5, 0.6) is 0 Å². The average molecular weight is 288 g/mol. The quantitative estimate of drug-likeness (QED) is 0.919. The van der Waals surface area contributed by atoms with Gasteiger partial charge in [-0.15, -0.1) is 0 Å². The summed E-state index contributed by atoms with van der Waals surface area (Å²) in [6.45, 7) is 7.72. The number of hydrogen-bond donors (Lipinski definition) is 1. The number of rotatable bonds is 5. The Hall–Kier alpha value is -1.81. The Morgan fingerprint density at radius 3 is 2.57 bits per heavy atom. The van der Waals surface area contributed by atoms with E-state index >= 15 is 0 Å². The van der Waals surface area contributed by atoms with E-state index in [4.69, 9.17) is 4.42 Å². The number of amides is 1.